The van der Waals surface area contributed by atoms with E-state index in [1.54, 1.807) is 7.11 Å². The third kappa shape index (κ3) is 5.81. The normalized spacial score (nSPS) is 18.5. The van der Waals surface area contributed by atoms with Gasteiger partial charge in [-0.3, -0.25) is 4.79 Å². The SMILES string of the molecule is COc1ccccc1CCc1nnc(CCC(=O)N(CC2CC2)CC2CCCO2)o1. The van der Waals surface area contributed by atoms with Crippen LogP contribution in [-0.2, 0) is 28.8 Å². The van der Waals surface area contributed by atoms with Crippen LogP contribution in [0.5, 0.6) is 5.75 Å². The molecular weight excluding hydrogens is 382 g/mol. The predicted molar refractivity (Wildman–Crippen MR) is 111 cm³/mol. The summed E-state index contributed by atoms with van der Waals surface area (Å²) in [5.41, 5.74) is 1.11. The topological polar surface area (TPSA) is 77.7 Å². The Bertz CT molecular complexity index is 827. The van der Waals surface area contributed by atoms with Gasteiger partial charge in [-0.05, 0) is 49.7 Å². The van der Waals surface area contributed by atoms with Gasteiger partial charge in [0, 0.05) is 39.0 Å². The number of aryl methyl sites for hydroxylation is 3. The second kappa shape index (κ2) is 10.1. The maximum absolute atomic E-state index is 12.8. The summed E-state index contributed by atoms with van der Waals surface area (Å²) in [7, 11) is 1.67. The van der Waals surface area contributed by atoms with Gasteiger partial charge >= 0.3 is 0 Å². The number of methoxy groups -OCH3 is 1. The lowest BCUT2D eigenvalue weighted by Crippen LogP contribution is -2.38. The van der Waals surface area contributed by atoms with E-state index in [4.69, 9.17) is 13.9 Å². The van der Waals surface area contributed by atoms with E-state index < -0.39 is 0 Å². The van der Waals surface area contributed by atoms with Crippen molar-refractivity contribution in [2.45, 2.75) is 57.5 Å². The summed E-state index contributed by atoms with van der Waals surface area (Å²) >= 11 is 0. The molecule has 1 unspecified atom stereocenters. The molecule has 4 rings (SSSR count). The van der Waals surface area contributed by atoms with E-state index in [1.165, 1.54) is 12.8 Å². The zero-order valence-electron chi connectivity index (χ0n) is 17.7. The van der Waals surface area contributed by atoms with Crippen molar-refractivity contribution in [2.75, 3.05) is 26.8 Å². The highest BCUT2D eigenvalue weighted by Gasteiger charge is 2.29. The minimum absolute atomic E-state index is 0.158. The third-order valence-electron chi connectivity index (χ3n) is 5.84. The van der Waals surface area contributed by atoms with Gasteiger partial charge in [-0.25, -0.2) is 0 Å². The van der Waals surface area contributed by atoms with Crippen LogP contribution in [-0.4, -0.2) is 53.9 Å². The van der Waals surface area contributed by atoms with Crippen molar-refractivity contribution in [3.8, 4) is 5.75 Å². The van der Waals surface area contributed by atoms with E-state index >= 15 is 0 Å². The molecule has 1 aliphatic heterocycles. The Kier molecular flexibility index (Phi) is 7.00. The minimum Gasteiger partial charge on any atom is -0.496 e. The van der Waals surface area contributed by atoms with Crippen LogP contribution >= 0.6 is 0 Å². The second-order valence-corrected chi connectivity index (χ2v) is 8.28. The largest absolute Gasteiger partial charge is 0.496 e. The number of hydrogen-bond donors (Lipinski definition) is 0. The fraction of sp³-hybridized carbons (Fsp3) is 0.609. The van der Waals surface area contributed by atoms with Gasteiger partial charge in [0.05, 0.1) is 13.2 Å². The summed E-state index contributed by atoms with van der Waals surface area (Å²) in [5.74, 6) is 2.82. The van der Waals surface area contributed by atoms with Gasteiger partial charge in [-0.2, -0.15) is 0 Å². The van der Waals surface area contributed by atoms with Gasteiger partial charge in [0.15, 0.2) is 0 Å². The molecule has 7 heteroatoms. The van der Waals surface area contributed by atoms with Crippen molar-refractivity contribution in [3.63, 3.8) is 0 Å². The zero-order valence-corrected chi connectivity index (χ0v) is 17.7. The summed E-state index contributed by atoms with van der Waals surface area (Å²) in [4.78, 5) is 14.8. The molecule has 2 heterocycles. The Morgan fingerprint density at radius 2 is 1.90 bits per heavy atom. The first-order valence-electron chi connectivity index (χ1n) is 11.0. The smallest absolute Gasteiger partial charge is 0.223 e. The van der Waals surface area contributed by atoms with Crippen LogP contribution < -0.4 is 4.74 Å². The molecule has 1 aromatic carbocycles. The number of ether oxygens (including phenoxy) is 2. The number of carbonyl (C=O) groups is 1. The Morgan fingerprint density at radius 3 is 2.63 bits per heavy atom. The number of nitrogens with zero attached hydrogens (tertiary/aromatic N) is 3. The third-order valence-corrected chi connectivity index (χ3v) is 5.84. The van der Waals surface area contributed by atoms with Gasteiger partial charge in [0.1, 0.15) is 5.75 Å². The van der Waals surface area contributed by atoms with Crippen molar-refractivity contribution in [1.29, 1.82) is 0 Å². The van der Waals surface area contributed by atoms with Crippen LogP contribution in [0.25, 0.3) is 0 Å². The summed E-state index contributed by atoms with van der Waals surface area (Å²) in [5, 5.41) is 8.28. The minimum atomic E-state index is 0.158. The van der Waals surface area contributed by atoms with E-state index in [0.29, 0.717) is 43.5 Å². The molecule has 0 radical (unpaired) electrons. The molecule has 30 heavy (non-hydrogen) atoms. The van der Waals surface area contributed by atoms with Crippen LogP contribution in [0.4, 0.5) is 0 Å². The lowest BCUT2D eigenvalue weighted by Gasteiger charge is -2.25. The van der Waals surface area contributed by atoms with Gasteiger partial charge in [-0.15, -0.1) is 10.2 Å². The standard InChI is InChI=1S/C23H31N3O4/c1-28-20-7-3-2-5-18(20)10-11-21-24-25-22(30-21)12-13-23(27)26(15-17-8-9-17)16-19-6-4-14-29-19/h2-3,5,7,17,19H,4,6,8-16H2,1H3. The number of rotatable bonds is 11. The Balaban J connectivity index is 1.26. The van der Waals surface area contributed by atoms with Gasteiger partial charge < -0.3 is 18.8 Å². The van der Waals surface area contributed by atoms with Crippen molar-refractivity contribution in [2.24, 2.45) is 5.92 Å². The molecule has 1 saturated heterocycles. The first-order chi connectivity index (χ1) is 14.7. The maximum Gasteiger partial charge on any atom is 0.223 e. The van der Waals surface area contributed by atoms with E-state index in [1.807, 2.05) is 29.2 Å². The summed E-state index contributed by atoms with van der Waals surface area (Å²) < 4.78 is 16.9. The monoisotopic (exact) mass is 413 g/mol. The first-order valence-corrected chi connectivity index (χ1v) is 11.0. The summed E-state index contributed by atoms with van der Waals surface area (Å²) in [6, 6.07) is 7.93. The molecule has 2 fully saturated rings. The van der Waals surface area contributed by atoms with Crippen LogP contribution in [0.15, 0.2) is 28.7 Å². The lowest BCUT2D eigenvalue weighted by atomic mass is 10.1. The fourth-order valence-corrected chi connectivity index (χ4v) is 3.94. The predicted octanol–water partition coefficient (Wildman–Crippen LogP) is 3.21. The van der Waals surface area contributed by atoms with Crippen molar-refractivity contribution >= 4 is 5.91 Å². The van der Waals surface area contributed by atoms with E-state index in [2.05, 4.69) is 10.2 Å². The molecule has 1 aliphatic carbocycles. The number of hydrogen-bond acceptors (Lipinski definition) is 6. The molecule has 0 bridgehead atoms. The zero-order chi connectivity index (χ0) is 20.8. The Morgan fingerprint density at radius 1 is 1.10 bits per heavy atom. The molecule has 2 aromatic rings. The van der Waals surface area contributed by atoms with Crippen molar-refractivity contribution in [1.82, 2.24) is 15.1 Å². The van der Waals surface area contributed by atoms with E-state index in [9.17, 15) is 4.79 Å². The number of benzene rings is 1. The Labute approximate surface area is 177 Å². The summed E-state index contributed by atoms with van der Waals surface area (Å²) in [6.07, 6.45) is 7.08. The molecule has 7 nitrogen and oxygen atoms in total. The fourth-order valence-electron chi connectivity index (χ4n) is 3.94. The van der Waals surface area contributed by atoms with Crippen LogP contribution in [0, 0.1) is 5.92 Å². The van der Waals surface area contributed by atoms with E-state index in [0.717, 1.165) is 43.7 Å². The first kappa shape index (κ1) is 20.8. The highest BCUT2D eigenvalue weighted by Crippen LogP contribution is 2.30. The van der Waals surface area contributed by atoms with Crippen LogP contribution in [0.2, 0.25) is 0 Å². The highest BCUT2D eigenvalue weighted by molar-refractivity contribution is 5.76. The highest BCUT2D eigenvalue weighted by atomic mass is 16.5. The lowest BCUT2D eigenvalue weighted by molar-refractivity contribution is -0.133. The van der Waals surface area contributed by atoms with Crippen LogP contribution in [0.1, 0.15) is 49.4 Å². The summed E-state index contributed by atoms with van der Waals surface area (Å²) in [6.45, 7) is 2.38. The molecule has 0 N–H and O–H groups in total. The van der Waals surface area contributed by atoms with Gasteiger partial charge in [0.25, 0.3) is 0 Å². The van der Waals surface area contributed by atoms with Gasteiger partial charge in [-0.1, -0.05) is 18.2 Å². The number of amides is 1. The number of para-hydroxylation sites is 1. The molecule has 1 aromatic heterocycles. The molecule has 1 atom stereocenters. The van der Waals surface area contributed by atoms with Crippen molar-refractivity contribution in [3.05, 3.63) is 41.6 Å². The molecular formula is C23H31N3O4. The van der Waals surface area contributed by atoms with Crippen molar-refractivity contribution < 1.29 is 18.7 Å². The molecule has 162 valence electrons. The number of aromatic nitrogens is 2. The molecule has 1 saturated carbocycles. The quantitative estimate of drug-likeness (QED) is 0.563. The molecule has 1 amide bonds. The average Bonchev–Trinajstić information content (AvgIpc) is 3.24. The molecule has 0 spiro atoms. The average molecular weight is 414 g/mol. The molecule has 2 aliphatic rings. The van der Waals surface area contributed by atoms with Crippen LogP contribution in [0.3, 0.4) is 0 Å². The number of carbonyl (C=O) groups excluding carboxylic acids is 1. The van der Waals surface area contributed by atoms with E-state index in [-0.39, 0.29) is 12.0 Å². The van der Waals surface area contributed by atoms with Gasteiger partial charge in [0.2, 0.25) is 17.7 Å². The second-order valence-electron chi connectivity index (χ2n) is 8.28. The maximum atomic E-state index is 12.8. The Hall–Kier alpha value is -2.41.